The van der Waals surface area contributed by atoms with Crippen LogP contribution in [0.3, 0.4) is 0 Å². The number of amidine groups is 1. The molecule has 1 aromatic carbocycles. The maximum Gasteiger partial charge on any atom is 0.283 e. The first-order valence-electron chi connectivity index (χ1n) is 3.90. The second-order valence-electron chi connectivity index (χ2n) is 2.63. The topological polar surface area (TPSA) is 102 Å². The van der Waals surface area contributed by atoms with Crippen molar-refractivity contribution in [2.24, 2.45) is 10.9 Å². The number of hydrogen-bond acceptors (Lipinski definition) is 5. The quantitative estimate of drug-likeness (QED) is 0.203. The van der Waals surface area contributed by atoms with Gasteiger partial charge in [0.2, 0.25) is 0 Å². The highest BCUT2D eigenvalue weighted by Crippen LogP contribution is 2.28. The van der Waals surface area contributed by atoms with E-state index < -0.39 is 4.92 Å². The van der Waals surface area contributed by atoms with Gasteiger partial charge in [-0.2, -0.15) is 0 Å². The maximum atomic E-state index is 10.7. The van der Waals surface area contributed by atoms with Gasteiger partial charge in [0.05, 0.1) is 9.82 Å². The highest BCUT2D eigenvalue weighted by atomic mass is 32.2. The van der Waals surface area contributed by atoms with E-state index >= 15 is 0 Å². The molecule has 0 fully saturated rings. The molecule has 0 saturated heterocycles. The van der Waals surface area contributed by atoms with E-state index in [1.54, 1.807) is 18.4 Å². The summed E-state index contributed by atoms with van der Waals surface area (Å²) in [6, 6.07) is 4.41. The smallest absolute Gasteiger partial charge is 0.283 e. The molecule has 7 heteroatoms. The fraction of sp³-hybridized carbons (Fsp3) is 0.125. The summed E-state index contributed by atoms with van der Waals surface area (Å²) in [5, 5.41) is 21.9. The van der Waals surface area contributed by atoms with Crippen LogP contribution in [0, 0.1) is 10.1 Å². The van der Waals surface area contributed by atoms with Crippen molar-refractivity contribution < 1.29 is 10.1 Å². The Morgan fingerprint density at radius 3 is 2.80 bits per heavy atom. The zero-order valence-corrected chi connectivity index (χ0v) is 8.69. The van der Waals surface area contributed by atoms with Gasteiger partial charge in [0, 0.05) is 11.6 Å². The first-order valence-corrected chi connectivity index (χ1v) is 5.13. The van der Waals surface area contributed by atoms with Crippen LogP contribution >= 0.6 is 11.8 Å². The lowest BCUT2D eigenvalue weighted by atomic mass is 10.2. The summed E-state index contributed by atoms with van der Waals surface area (Å²) < 4.78 is 0. The number of nitro groups is 1. The third-order valence-corrected chi connectivity index (χ3v) is 2.56. The Morgan fingerprint density at radius 1 is 1.67 bits per heavy atom. The van der Waals surface area contributed by atoms with Crippen molar-refractivity contribution in [1.82, 2.24) is 0 Å². The number of rotatable bonds is 3. The molecule has 0 unspecified atom stereocenters. The molecule has 1 rings (SSSR count). The lowest BCUT2D eigenvalue weighted by Crippen LogP contribution is -2.13. The predicted octanol–water partition coefficient (Wildman–Crippen LogP) is 1.41. The minimum absolute atomic E-state index is 0.0494. The van der Waals surface area contributed by atoms with E-state index in [1.165, 1.54) is 17.8 Å². The van der Waals surface area contributed by atoms with Crippen LogP contribution in [0.1, 0.15) is 5.56 Å². The molecule has 3 N–H and O–H groups in total. The lowest BCUT2D eigenvalue weighted by Gasteiger charge is -2.02. The number of hydrogen-bond donors (Lipinski definition) is 2. The molecule has 80 valence electrons. The van der Waals surface area contributed by atoms with E-state index in [0.717, 1.165) is 0 Å². The summed E-state index contributed by atoms with van der Waals surface area (Å²) in [7, 11) is 0. The fourth-order valence-corrected chi connectivity index (χ4v) is 1.60. The van der Waals surface area contributed by atoms with Gasteiger partial charge >= 0.3 is 0 Å². The standard InChI is InChI=1S/C8H9N3O3S/c1-15-7-3-2-5(8(9)10-12)4-6(7)11(13)14/h2-4,12H,1H3,(H2,9,10). The Bertz CT molecular complexity index is 420. The predicted molar refractivity (Wildman–Crippen MR) is 57.4 cm³/mol. The van der Waals surface area contributed by atoms with E-state index in [0.29, 0.717) is 10.5 Å². The highest BCUT2D eigenvalue weighted by Gasteiger charge is 2.14. The van der Waals surface area contributed by atoms with Crippen LogP contribution in [0.15, 0.2) is 28.3 Å². The van der Waals surface area contributed by atoms with Crippen LogP contribution in [0.4, 0.5) is 5.69 Å². The normalized spacial score (nSPS) is 11.4. The monoisotopic (exact) mass is 227 g/mol. The average molecular weight is 227 g/mol. The van der Waals surface area contributed by atoms with E-state index in [2.05, 4.69) is 5.16 Å². The van der Waals surface area contributed by atoms with Gasteiger partial charge in [-0.1, -0.05) is 5.16 Å². The number of oxime groups is 1. The maximum absolute atomic E-state index is 10.7. The molecule has 0 aliphatic carbocycles. The first kappa shape index (κ1) is 11.3. The third kappa shape index (κ3) is 2.38. The van der Waals surface area contributed by atoms with Crippen molar-refractivity contribution in [3.63, 3.8) is 0 Å². The molecule has 0 aliphatic heterocycles. The summed E-state index contributed by atoms with van der Waals surface area (Å²) >= 11 is 1.27. The Kier molecular flexibility index (Phi) is 3.51. The molecular formula is C8H9N3O3S. The van der Waals surface area contributed by atoms with Crippen molar-refractivity contribution >= 4 is 23.3 Å². The minimum atomic E-state index is -0.500. The molecule has 6 nitrogen and oxygen atoms in total. The summed E-state index contributed by atoms with van der Waals surface area (Å²) in [6.45, 7) is 0. The molecule has 0 atom stereocenters. The molecule has 0 spiro atoms. The van der Waals surface area contributed by atoms with Gasteiger partial charge in [-0.15, -0.1) is 11.8 Å². The molecule has 0 aliphatic rings. The average Bonchev–Trinajstić information content (AvgIpc) is 2.27. The fourth-order valence-electron chi connectivity index (χ4n) is 1.05. The largest absolute Gasteiger partial charge is 0.409 e. The van der Waals surface area contributed by atoms with Crippen LogP contribution in [-0.4, -0.2) is 22.2 Å². The molecular weight excluding hydrogens is 218 g/mol. The van der Waals surface area contributed by atoms with E-state index in [4.69, 9.17) is 10.9 Å². The van der Waals surface area contributed by atoms with E-state index in [1.807, 2.05) is 0 Å². The summed E-state index contributed by atoms with van der Waals surface area (Å²) in [5.41, 5.74) is 5.60. The summed E-state index contributed by atoms with van der Waals surface area (Å²) in [4.78, 5) is 10.7. The summed E-state index contributed by atoms with van der Waals surface area (Å²) in [6.07, 6.45) is 1.74. The zero-order valence-electron chi connectivity index (χ0n) is 7.88. The zero-order chi connectivity index (χ0) is 11.4. The van der Waals surface area contributed by atoms with Gasteiger partial charge < -0.3 is 10.9 Å². The van der Waals surface area contributed by atoms with Crippen molar-refractivity contribution in [3.8, 4) is 0 Å². The molecule has 15 heavy (non-hydrogen) atoms. The second kappa shape index (κ2) is 4.65. The lowest BCUT2D eigenvalue weighted by molar-refractivity contribution is -0.387. The molecule has 0 radical (unpaired) electrons. The van der Waals surface area contributed by atoms with Gasteiger partial charge in [0.1, 0.15) is 0 Å². The number of nitrogens with two attached hydrogens (primary N) is 1. The van der Waals surface area contributed by atoms with Gasteiger partial charge in [0.25, 0.3) is 5.69 Å². The highest BCUT2D eigenvalue weighted by molar-refractivity contribution is 7.98. The Hall–Kier alpha value is -1.76. The van der Waals surface area contributed by atoms with Gasteiger partial charge in [-0.05, 0) is 18.4 Å². The molecule has 0 aromatic heterocycles. The second-order valence-corrected chi connectivity index (χ2v) is 3.48. The Balaban J connectivity index is 3.28. The number of nitro benzene ring substituents is 1. The molecule has 0 amide bonds. The van der Waals surface area contributed by atoms with Crippen LogP contribution in [0.5, 0.6) is 0 Å². The SMILES string of the molecule is CSc1ccc(C(N)=NO)cc1[N+](=O)[O-]. The van der Waals surface area contributed by atoms with Crippen molar-refractivity contribution in [3.05, 3.63) is 33.9 Å². The molecule has 1 aromatic rings. The molecule has 0 bridgehead atoms. The van der Waals surface area contributed by atoms with E-state index in [-0.39, 0.29) is 11.5 Å². The third-order valence-electron chi connectivity index (χ3n) is 1.78. The van der Waals surface area contributed by atoms with Gasteiger partial charge in [-0.25, -0.2) is 0 Å². The number of thioether (sulfide) groups is 1. The van der Waals surface area contributed by atoms with Crippen LogP contribution in [0.25, 0.3) is 0 Å². The van der Waals surface area contributed by atoms with Crippen molar-refractivity contribution in [1.29, 1.82) is 0 Å². The van der Waals surface area contributed by atoms with Crippen LogP contribution in [0.2, 0.25) is 0 Å². The van der Waals surface area contributed by atoms with Crippen LogP contribution in [-0.2, 0) is 0 Å². The van der Waals surface area contributed by atoms with Crippen molar-refractivity contribution in [2.45, 2.75) is 4.90 Å². The van der Waals surface area contributed by atoms with Crippen molar-refractivity contribution in [2.75, 3.05) is 6.26 Å². The summed E-state index contributed by atoms with van der Waals surface area (Å²) in [5.74, 6) is -0.147. The van der Waals surface area contributed by atoms with Gasteiger partial charge in [-0.3, -0.25) is 10.1 Å². The minimum Gasteiger partial charge on any atom is -0.409 e. The number of benzene rings is 1. The Morgan fingerprint density at radius 2 is 2.33 bits per heavy atom. The Labute approximate surface area is 89.9 Å². The van der Waals surface area contributed by atoms with Gasteiger partial charge in [0.15, 0.2) is 5.84 Å². The molecule has 0 heterocycles. The van der Waals surface area contributed by atoms with E-state index in [9.17, 15) is 10.1 Å². The number of nitrogens with zero attached hydrogens (tertiary/aromatic N) is 2. The first-order chi connectivity index (χ1) is 7.10. The van der Waals surface area contributed by atoms with Crippen LogP contribution < -0.4 is 5.73 Å². The molecule has 0 saturated carbocycles.